The number of anilines is 2. The zero-order valence-electron chi connectivity index (χ0n) is 17.8. The van der Waals surface area contributed by atoms with Crippen LogP contribution in [0.2, 0.25) is 0 Å². The first kappa shape index (κ1) is 21.2. The van der Waals surface area contributed by atoms with E-state index >= 15 is 0 Å². The number of likely N-dealkylation sites (tertiary alicyclic amines) is 1. The van der Waals surface area contributed by atoms with E-state index < -0.39 is 0 Å². The molecule has 7 heteroatoms. The molecule has 0 aliphatic carbocycles. The van der Waals surface area contributed by atoms with Crippen LogP contribution in [0.4, 0.5) is 11.4 Å². The Morgan fingerprint density at radius 2 is 1.78 bits per heavy atom. The third-order valence-corrected chi connectivity index (χ3v) is 5.43. The summed E-state index contributed by atoms with van der Waals surface area (Å²) in [6.07, 6.45) is 4.57. The molecule has 3 amide bonds. The van der Waals surface area contributed by atoms with Crippen molar-refractivity contribution in [1.82, 2.24) is 9.88 Å². The smallest absolute Gasteiger partial charge is 0.257 e. The number of carbonyl (C=O) groups excluding carboxylic acids is 3. The molecule has 0 bridgehead atoms. The van der Waals surface area contributed by atoms with Crippen LogP contribution in [0.5, 0.6) is 0 Å². The van der Waals surface area contributed by atoms with Gasteiger partial charge in [-0.3, -0.25) is 19.4 Å². The van der Waals surface area contributed by atoms with Crippen LogP contribution >= 0.6 is 0 Å². The molecule has 0 spiro atoms. The van der Waals surface area contributed by atoms with E-state index in [4.69, 9.17) is 0 Å². The first-order chi connectivity index (χ1) is 15.5. The number of hydrogen-bond acceptors (Lipinski definition) is 4. The van der Waals surface area contributed by atoms with Gasteiger partial charge in [0, 0.05) is 43.2 Å². The molecule has 32 heavy (non-hydrogen) atoms. The first-order valence-electron chi connectivity index (χ1n) is 10.5. The number of rotatable bonds is 6. The highest BCUT2D eigenvalue weighted by Crippen LogP contribution is 2.24. The number of aryl methyl sites for hydroxylation is 1. The second-order valence-corrected chi connectivity index (χ2v) is 7.76. The van der Waals surface area contributed by atoms with Gasteiger partial charge in [-0.15, -0.1) is 0 Å². The van der Waals surface area contributed by atoms with Gasteiger partial charge in [-0.2, -0.15) is 0 Å². The number of benzene rings is 2. The zero-order valence-corrected chi connectivity index (χ0v) is 17.8. The predicted molar refractivity (Wildman–Crippen MR) is 122 cm³/mol. The molecule has 2 heterocycles. The minimum absolute atomic E-state index is 0.161. The molecule has 3 aromatic rings. The minimum Gasteiger partial charge on any atom is -0.338 e. The van der Waals surface area contributed by atoms with E-state index in [1.807, 2.05) is 36.1 Å². The average Bonchev–Trinajstić information content (AvgIpc) is 3.20. The average molecular weight is 428 g/mol. The lowest BCUT2D eigenvalue weighted by atomic mass is 10.1. The summed E-state index contributed by atoms with van der Waals surface area (Å²) >= 11 is 0. The fourth-order valence-corrected chi connectivity index (χ4v) is 3.75. The lowest BCUT2D eigenvalue weighted by Gasteiger charge is -2.17. The standard InChI is InChI=1S/C25H24N4O3/c1-17-5-2-8-21(23(17)28-24(31)19-10-12-26-13-11-19)25(32)27-20-7-3-6-18(15-20)16-29-14-4-9-22(29)30/h2-3,5-8,10-13,15H,4,9,14,16H2,1H3,(H,27,32)(H,28,31). The van der Waals surface area contributed by atoms with Crippen LogP contribution in [0.15, 0.2) is 67.0 Å². The van der Waals surface area contributed by atoms with Gasteiger partial charge in [0.15, 0.2) is 0 Å². The number of nitrogens with one attached hydrogen (secondary N) is 2. The van der Waals surface area contributed by atoms with Gasteiger partial charge in [-0.1, -0.05) is 24.3 Å². The molecule has 0 radical (unpaired) electrons. The van der Waals surface area contributed by atoms with Crippen LogP contribution in [0.25, 0.3) is 0 Å². The Bertz CT molecular complexity index is 1160. The Kier molecular flexibility index (Phi) is 6.26. The van der Waals surface area contributed by atoms with Crippen molar-refractivity contribution in [3.05, 3.63) is 89.2 Å². The van der Waals surface area contributed by atoms with Gasteiger partial charge in [0.05, 0.1) is 11.3 Å². The van der Waals surface area contributed by atoms with Gasteiger partial charge in [0.1, 0.15) is 0 Å². The maximum Gasteiger partial charge on any atom is 0.257 e. The topological polar surface area (TPSA) is 91.4 Å². The lowest BCUT2D eigenvalue weighted by molar-refractivity contribution is -0.128. The van der Waals surface area contributed by atoms with Crippen LogP contribution in [0, 0.1) is 6.92 Å². The molecule has 1 aliphatic heterocycles. The molecule has 4 rings (SSSR count). The van der Waals surface area contributed by atoms with Crippen LogP contribution in [0.1, 0.15) is 44.7 Å². The van der Waals surface area contributed by atoms with Crippen molar-refractivity contribution in [2.45, 2.75) is 26.3 Å². The summed E-state index contributed by atoms with van der Waals surface area (Å²) in [5.74, 6) is -0.477. The van der Waals surface area contributed by atoms with E-state index in [9.17, 15) is 14.4 Å². The van der Waals surface area contributed by atoms with Crippen LogP contribution in [-0.2, 0) is 11.3 Å². The molecular weight excluding hydrogens is 404 g/mol. The number of aromatic nitrogens is 1. The molecule has 2 N–H and O–H groups in total. The highest BCUT2D eigenvalue weighted by molar-refractivity contribution is 6.13. The zero-order chi connectivity index (χ0) is 22.5. The number of nitrogens with zero attached hydrogens (tertiary/aromatic N) is 2. The Morgan fingerprint density at radius 1 is 1.00 bits per heavy atom. The number of hydrogen-bond donors (Lipinski definition) is 2. The number of pyridine rings is 1. The van der Waals surface area contributed by atoms with Crippen LogP contribution in [0.3, 0.4) is 0 Å². The van der Waals surface area contributed by atoms with Gasteiger partial charge in [0.2, 0.25) is 5.91 Å². The quantitative estimate of drug-likeness (QED) is 0.620. The lowest BCUT2D eigenvalue weighted by Crippen LogP contribution is -2.24. The maximum atomic E-state index is 13.1. The van der Waals surface area contributed by atoms with Crippen molar-refractivity contribution in [1.29, 1.82) is 0 Å². The second-order valence-electron chi connectivity index (χ2n) is 7.76. The number of amides is 3. The van der Waals surface area contributed by atoms with E-state index in [0.717, 1.165) is 24.1 Å². The van der Waals surface area contributed by atoms with Gasteiger partial charge >= 0.3 is 0 Å². The van der Waals surface area contributed by atoms with Crippen molar-refractivity contribution in [3.8, 4) is 0 Å². The van der Waals surface area contributed by atoms with Gasteiger partial charge in [0.25, 0.3) is 11.8 Å². The molecule has 0 atom stereocenters. The third-order valence-electron chi connectivity index (χ3n) is 5.43. The van der Waals surface area contributed by atoms with Crippen molar-refractivity contribution < 1.29 is 14.4 Å². The van der Waals surface area contributed by atoms with E-state index in [1.165, 1.54) is 0 Å². The Balaban J connectivity index is 1.51. The van der Waals surface area contributed by atoms with Crippen molar-refractivity contribution in [2.24, 2.45) is 0 Å². The molecule has 7 nitrogen and oxygen atoms in total. The minimum atomic E-state index is -0.326. The first-order valence-corrected chi connectivity index (χ1v) is 10.5. The van der Waals surface area contributed by atoms with Crippen molar-refractivity contribution in [2.75, 3.05) is 17.2 Å². The van der Waals surface area contributed by atoms with E-state index in [-0.39, 0.29) is 17.7 Å². The monoisotopic (exact) mass is 428 g/mol. The molecule has 1 aromatic heterocycles. The molecule has 1 aliphatic rings. The number of para-hydroxylation sites is 1. The van der Waals surface area contributed by atoms with Gasteiger partial charge < -0.3 is 15.5 Å². The molecule has 2 aromatic carbocycles. The van der Waals surface area contributed by atoms with E-state index in [0.29, 0.717) is 35.5 Å². The predicted octanol–water partition coefficient (Wildman–Crippen LogP) is 4.02. The molecule has 1 fully saturated rings. The third kappa shape index (κ3) is 4.83. The van der Waals surface area contributed by atoms with E-state index in [2.05, 4.69) is 15.6 Å². The SMILES string of the molecule is Cc1cccc(C(=O)Nc2cccc(CN3CCCC3=O)c2)c1NC(=O)c1ccncc1. The highest BCUT2D eigenvalue weighted by atomic mass is 16.2. The summed E-state index contributed by atoms with van der Waals surface area (Å²) in [6, 6.07) is 16.0. The fraction of sp³-hybridized carbons (Fsp3) is 0.200. The fourth-order valence-electron chi connectivity index (χ4n) is 3.75. The largest absolute Gasteiger partial charge is 0.338 e. The summed E-state index contributed by atoms with van der Waals surface area (Å²) in [7, 11) is 0. The second kappa shape index (κ2) is 9.43. The Labute approximate surface area is 186 Å². The van der Waals surface area contributed by atoms with Gasteiger partial charge in [-0.05, 0) is 54.8 Å². The van der Waals surface area contributed by atoms with Crippen LogP contribution in [-0.4, -0.2) is 34.2 Å². The van der Waals surface area contributed by atoms with E-state index in [1.54, 1.807) is 42.7 Å². The summed E-state index contributed by atoms with van der Waals surface area (Å²) in [5, 5.41) is 5.77. The summed E-state index contributed by atoms with van der Waals surface area (Å²) in [6.45, 7) is 3.13. The summed E-state index contributed by atoms with van der Waals surface area (Å²) in [5.41, 5.74) is 3.65. The molecule has 0 saturated carbocycles. The highest BCUT2D eigenvalue weighted by Gasteiger charge is 2.20. The van der Waals surface area contributed by atoms with Crippen molar-refractivity contribution >= 4 is 29.1 Å². The molecule has 162 valence electrons. The summed E-state index contributed by atoms with van der Waals surface area (Å²) in [4.78, 5) is 43.4. The summed E-state index contributed by atoms with van der Waals surface area (Å²) < 4.78 is 0. The van der Waals surface area contributed by atoms with Gasteiger partial charge in [-0.25, -0.2) is 0 Å². The molecule has 0 unspecified atom stereocenters. The molecule has 1 saturated heterocycles. The van der Waals surface area contributed by atoms with Crippen molar-refractivity contribution in [3.63, 3.8) is 0 Å². The molecular formula is C25H24N4O3. The number of carbonyl (C=O) groups is 3. The normalized spacial score (nSPS) is 13.2. The van der Waals surface area contributed by atoms with Crippen LogP contribution < -0.4 is 10.6 Å². The Morgan fingerprint density at radius 3 is 2.53 bits per heavy atom. The maximum absolute atomic E-state index is 13.1. The Hall–Kier alpha value is -4.00.